The molecule has 1 aromatic carbocycles. The first-order chi connectivity index (χ1) is 5.69. The smallest absolute Gasteiger partial charge is 0.161 e. The minimum absolute atomic E-state index is 0.0726. The normalized spacial score (nSPS) is 9.08. The average Bonchev–Trinajstić information content (AvgIpc) is 2.05. The fraction of sp³-hybridized carbons (Fsp3) is 0.111. The first kappa shape index (κ1) is 8.95. The first-order valence-corrected chi connectivity index (χ1v) is 4.01. The summed E-state index contributed by atoms with van der Waals surface area (Å²) in [4.78, 5) is 0. The molecule has 0 aliphatic heterocycles. The standard InChI is InChI=1S/C9H7BrO2/c1-3-6-4-9(12-2)8(11)5-7(6)10/h1,4-5,11H,2H3. The lowest BCUT2D eigenvalue weighted by molar-refractivity contribution is 0.373. The molecule has 62 valence electrons. The summed E-state index contributed by atoms with van der Waals surface area (Å²) < 4.78 is 5.56. The summed E-state index contributed by atoms with van der Waals surface area (Å²) in [5.41, 5.74) is 0.657. The number of hydrogen-bond acceptors (Lipinski definition) is 2. The van der Waals surface area contributed by atoms with Gasteiger partial charge in [-0.3, -0.25) is 0 Å². The molecule has 0 heterocycles. The van der Waals surface area contributed by atoms with Gasteiger partial charge in [-0.05, 0) is 22.0 Å². The molecular formula is C9H7BrO2. The first-order valence-electron chi connectivity index (χ1n) is 3.22. The lowest BCUT2D eigenvalue weighted by Crippen LogP contribution is -1.86. The molecule has 0 unspecified atom stereocenters. The minimum Gasteiger partial charge on any atom is -0.504 e. The topological polar surface area (TPSA) is 29.5 Å². The van der Waals surface area contributed by atoms with Gasteiger partial charge in [0.15, 0.2) is 11.5 Å². The number of methoxy groups -OCH3 is 1. The van der Waals surface area contributed by atoms with E-state index in [1.807, 2.05) is 0 Å². The molecule has 0 aliphatic carbocycles. The molecule has 12 heavy (non-hydrogen) atoms. The Morgan fingerprint density at radius 3 is 2.75 bits per heavy atom. The highest BCUT2D eigenvalue weighted by Gasteiger charge is 2.05. The van der Waals surface area contributed by atoms with Gasteiger partial charge < -0.3 is 9.84 Å². The molecule has 3 heteroatoms. The molecule has 0 atom stereocenters. The number of hydrogen-bond donors (Lipinski definition) is 1. The molecule has 0 saturated heterocycles. The highest BCUT2D eigenvalue weighted by atomic mass is 79.9. The predicted octanol–water partition coefficient (Wildman–Crippen LogP) is 2.14. The van der Waals surface area contributed by atoms with E-state index < -0.39 is 0 Å². The largest absolute Gasteiger partial charge is 0.504 e. The van der Waals surface area contributed by atoms with E-state index in [1.165, 1.54) is 13.2 Å². The van der Waals surface area contributed by atoms with Crippen molar-refractivity contribution in [1.29, 1.82) is 0 Å². The van der Waals surface area contributed by atoms with E-state index in [0.29, 0.717) is 15.8 Å². The lowest BCUT2D eigenvalue weighted by Gasteiger charge is -2.04. The zero-order chi connectivity index (χ0) is 9.14. The van der Waals surface area contributed by atoms with E-state index in [-0.39, 0.29) is 5.75 Å². The monoisotopic (exact) mass is 226 g/mol. The van der Waals surface area contributed by atoms with Crippen LogP contribution in [0.2, 0.25) is 0 Å². The second kappa shape index (κ2) is 3.51. The van der Waals surface area contributed by atoms with Gasteiger partial charge in [0.1, 0.15) is 0 Å². The van der Waals surface area contributed by atoms with Crippen LogP contribution in [0.5, 0.6) is 11.5 Å². The molecule has 0 aromatic heterocycles. The number of terminal acetylenes is 1. The van der Waals surface area contributed by atoms with Crippen LogP contribution in [0.3, 0.4) is 0 Å². The number of ether oxygens (including phenoxy) is 1. The highest BCUT2D eigenvalue weighted by molar-refractivity contribution is 9.10. The van der Waals surface area contributed by atoms with Crippen LogP contribution >= 0.6 is 15.9 Å². The van der Waals surface area contributed by atoms with E-state index in [0.717, 1.165) is 0 Å². The second-order valence-corrected chi connectivity index (χ2v) is 3.00. The average molecular weight is 227 g/mol. The molecule has 0 spiro atoms. The Labute approximate surface area is 79.3 Å². The van der Waals surface area contributed by atoms with Gasteiger partial charge in [-0.15, -0.1) is 6.42 Å². The Balaban J connectivity index is 3.30. The number of aromatic hydroxyl groups is 1. The second-order valence-electron chi connectivity index (χ2n) is 2.15. The Kier molecular flexibility index (Phi) is 2.61. The summed E-state index contributed by atoms with van der Waals surface area (Å²) in [6, 6.07) is 3.10. The van der Waals surface area contributed by atoms with Crippen molar-refractivity contribution in [2.45, 2.75) is 0 Å². The van der Waals surface area contributed by atoms with Gasteiger partial charge in [-0.25, -0.2) is 0 Å². The Hall–Kier alpha value is -1.14. The summed E-state index contributed by atoms with van der Waals surface area (Å²) >= 11 is 3.21. The molecule has 1 aromatic rings. The maximum Gasteiger partial charge on any atom is 0.161 e. The molecular weight excluding hydrogens is 220 g/mol. The molecule has 0 fully saturated rings. The van der Waals surface area contributed by atoms with Crippen molar-refractivity contribution >= 4 is 15.9 Å². The van der Waals surface area contributed by atoms with E-state index >= 15 is 0 Å². The summed E-state index contributed by atoms with van der Waals surface area (Å²) in [5.74, 6) is 2.91. The van der Waals surface area contributed by atoms with Crippen molar-refractivity contribution < 1.29 is 9.84 Å². The molecule has 0 radical (unpaired) electrons. The van der Waals surface area contributed by atoms with E-state index in [1.54, 1.807) is 6.07 Å². The fourth-order valence-electron chi connectivity index (χ4n) is 0.817. The number of halogens is 1. The van der Waals surface area contributed by atoms with Crippen LogP contribution in [-0.2, 0) is 0 Å². The molecule has 1 N–H and O–H groups in total. The maximum atomic E-state index is 9.29. The molecule has 2 nitrogen and oxygen atoms in total. The summed E-state index contributed by atoms with van der Waals surface area (Å²) in [5, 5.41) is 9.29. The zero-order valence-corrected chi connectivity index (χ0v) is 8.05. The van der Waals surface area contributed by atoms with Crippen LogP contribution in [0.15, 0.2) is 16.6 Å². The maximum absolute atomic E-state index is 9.29. The van der Waals surface area contributed by atoms with Gasteiger partial charge in [-0.2, -0.15) is 0 Å². The fourth-order valence-corrected chi connectivity index (χ4v) is 1.26. The lowest BCUT2D eigenvalue weighted by atomic mass is 10.2. The van der Waals surface area contributed by atoms with Gasteiger partial charge in [0, 0.05) is 16.1 Å². The SMILES string of the molecule is C#Cc1cc(OC)c(O)cc1Br. The van der Waals surface area contributed by atoms with Crippen molar-refractivity contribution in [3.05, 3.63) is 22.2 Å². The van der Waals surface area contributed by atoms with E-state index in [4.69, 9.17) is 11.2 Å². The van der Waals surface area contributed by atoms with Gasteiger partial charge in [0.05, 0.1) is 7.11 Å². The van der Waals surface area contributed by atoms with Crippen molar-refractivity contribution in [2.75, 3.05) is 7.11 Å². The van der Waals surface area contributed by atoms with Crippen molar-refractivity contribution in [1.82, 2.24) is 0 Å². The highest BCUT2D eigenvalue weighted by Crippen LogP contribution is 2.31. The van der Waals surface area contributed by atoms with Crippen LogP contribution in [0.25, 0.3) is 0 Å². The quantitative estimate of drug-likeness (QED) is 0.744. The van der Waals surface area contributed by atoms with E-state index in [9.17, 15) is 5.11 Å². The molecule has 0 amide bonds. The van der Waals surface area contributed by atoms with Crippen LogP contribution in [-0.4, -0.2) is 12.2 Å². The van der Waals surface area contributed by atoms with Crippen molar-refractivity contribution in [3.8, 4) is 23.8 Å². The summed E-state index contributed by atoms with van der Waals surface area (Å²) in [7, 11) is 1.48. The van der Waals surface area contributed by atoms with Crippen LogP contribution in [0.4, 0.5) is 0 Å². The molecule has 0 aliphatic rings. The van der Waals surface area contributed by atoms with Crippen molar-refractivity contribution in [3.63, 3.8) is 0 Å². The zero-order valence-electron chi connectivity index (χ0n) is 6.47. The molecule has 1 rings (SSSR count). The van der Waals surface area contributed by atoms with Crippen LogP contribution in [0.1, 0.15) is 5.56 Å². The Bertz CT molecular complexity index is 339. The van der Waals surface area contributed by atoms with Crippen molar-refractivity contribution in [2.24, 2.45) is 0 Å². The third-order valence-corrected chi connectivity index (χ3v) is 2.08. The molecule has 0 saturated carbocycles. The Morgan fingerprint density at radius 2 is 2.25 bits per heavy atom. The molecule has 0 bridgehead atoms. The number of phenols is 1. The van der Waals surface area contributed by atoms with Crippen LogP contribution in [0, 0.1) is 12.3 Å². The minimum atomic E-state index is 0.0726. The third kappa shape index (κ3) is 1.54. The van der Waals surface area contributed by atoms with Crippen LogP contribution < -0.4 is 4.74 Å². The number of phenolic OH excluding ortho intramolecular Hbond substituents is 1. The third-order valence-electron chi connectivity index (χ3n) is 1.42. The summed E-state index contributed by atoms with van der Waals surface area (Å²) in [6.45, 7) is 0. The summed E-state index contributed by atoms with van der Waals surface area (Å²) in [6.07, 6.45) is 5.21. The predicted molar refractivity (Wildman–Crippen MR) is 50.3 cm³/mol. The van der Waals surface area contributed by atoms with E-state index in [2.05, 4.69) is 21.9 Å². The number of benzene rings is 1. The Morgan fingerprint density at radius 1 is 1.58 bits per heavy atom. The van der Waals surface area contributed by atoms with Gasteiger partial charge >= 0.3 is 0 Å². The van der Waals surface area contributed by atoms with Gasteiger partial charge in [-0.1, -0.05) is 5.92 Å². The van der Waals surface area contributed by atoms with Gasteiger partial charge in [0.2, 0.25) is 0 Å². The number of rotatable bonds is 1. The van der Waals surface area contributed by atoms with Gasteiger partial charge in [0.25, 0.3) is 0 Å².